The molecule has 88 valence electrons. The molecule has 1 aliphatic carbocycles. The lowest BCUT2D eigenvalue weighted by Gasteiger charge is -2.26. The van der Waals surface area contributed by atoms with Gasteiger partial charge in [-0.25, -0.2) is 0 Å². The summed E-state index contributed by atoms with van der Waals surface area (Å²) in [6.45, 7) is 3.41. The van der Waals surface area contributed by atoms with Crippen LogP contribution in [0, 0.1) is 0 Å². The predicted molar refractivity (Wildman–Crippen MR) is 62.9 cm³/mol. The number of hydrogen-bond donors (Lipinski definition) is 0. The number of ether oxygens (including phenoxy) is 1. The van der Waals surface area contributed by atoms with Crippen LogP contribution in [0.1, 0.15) is 57.8 Å². The van der Waals surface area contributed by atoms with Crippen LogP contribution in [0.5, 0.6) is 0 Å². The topological polar surface area (TPSA) is 12.5 Å². The van der Waals surface area contributed by atoms with Crippen molar-refractivity contribution in [3.8, 4) is 0 Å². The second-order valence-electron chi connectivity index (χ2n) is 5.09. The molecule has 1 aliphatic heterocycles. The van der Waals surface area contributed by atoms with Crippen LogP contribution in [0.4, 0.5) is 0 Å². The smallest absolute Gasteiger partial charge is 0.0994 e. The molecule has 0 unspecified atom stereocenters. The van der Waals surface area contributed by atoms with Crippen LogP contribution >= 0.6 is 0 Å². The Morgan fingerprint density at radius 3 is 2.07 bits per heavy atom. The highest BCUT2D eigenvalue weighted by Crippen LogP contribution is 2.20. The quantitative estimate of drug-likeness (QED) is 0.711. The van der Waals surface area contributed by atoms with E-state index in [9.17, 15) is 0 Å². The maximum Gasteiger partial charge on any atom is 0.0994 e. The van der Waals surface area contributed by atoms with Crippen LogP contribution in [-0.4, -0.2) is 30.8 Å². The Morgan fingerprint density at radius 1 is 0.800 bits per heavy atom. The summed E-state index contributed by atoms with van der Waals surface area (Å²) in [4.78, 5) is 2.50. The SMILES string of the molecule is C1CCC(OCN2CCCCCC2)CC1. The van der Waals surface area contributed by atoms with Crippen LogP contribution in [-0.2, 0) is 4.74 Å². The van der Waals surface area contributed by atoms with Gasteiger partial charge in [0.05, 0.1) is 12.8 Å². The van der Waals surface area contributed by atoms with Gasteiger partial charge in [0, 0.05) is 13.1 Å². The summed E-state index contributed by atoms with van der Waals surface area (Å²) in [7, 11) is 0. The molecule has 0 radical (unpaired) electrons. The first-order valence-electron chi connectivity index (χ1n) is 6.79. The van der Waals surface area contributed by atoms with E-state index in [1.807, 2.05) is 0 Å². The molecule has 15 heavy (non-hydrogen) atoms. The summed E-state index contributed by atoms with van der Waals surface area (Å²) >= 11 is 0. The van der Waals surface area contributed by atoms with Crippen molar-refractivity contribution >= 4 is 0 Å². The van der Waals surface area contributed by atoms with Gasteiger partial charge in [-0.15, -0.1) is 0 Å². The highest BCUT2D eigenvalue weighted by Gasteiger charge is 2.15. The van der Waals surface area contributed by atoms with E-state index in [0.717, 1.165) is 6.73 Å². The van der Waals surface area contributed by atoms with Gasteiger partial charge in [-0.1, -0.05) is 32.1 Å². The summed E-state index contributed by atoms with van der Waals surface area (Å²) in [6.07, 6.45) is 12.9. The molecular weight excluding hydrogens is 186 g/mol. The largest absolute Gasteiger partial charge is 0.363 e. The van der Waals surface area contributed by atoms with E-state index in [4.69, 9.17) is 4.74 Å². The molecule has 0 N–H and O–H groups in total. The molecule has 2 rings (SSSR count). The lowest BCUT2D eigenvalue weighted by molar-refractivity contribution is -0.0360. The Balaban J connectivity index is 1.62. The van der Waals surface area contributed by atoms with Crippen molar-refractivity contribution in [1.29, 1.82) is 0 Å². The summed E-state index contributed by atoms with van der Waals surface area (Å²) in [5.41, 5.74) is 0. The first kappa shape index (κ1) is 11.4. The molecule has 2 heteroatoms. The minimum atomic E-state index is 0.571. The molecule has 2 fully saturated rings. The first-order chi connectivity index (χ1) is 7.45. The standard InChI is InChI=1S/C13H25NO/c1-2-7-11-14(10-6-1)12-15-13-8-4-3-5-9-13/h13H,1-12H2. The maximum absolute atomic E-state index is 6.00. The second-order valence-corrected chi connectivity index (χ2v) is 5.09. The molecule has 0 aromatic rings. The fourth-order valence-corrected chi connectivity index (χ4v) is 2.71. The summed E-state index contributed by atoms with van der Waals surface area (Å²) < 4.78 is 6.00. The molecule has 1 saturated carbocycles. The minimum Gasteiger partial charge on any atom is -0.363 e. The summed E-state index contributed by atoms with van der Waals surface area (Å²) in [6, 6.07) is 0. The van der Waals surface area contributed by atoms with E-state index in [1.165, 1.54) is 70.9 Å². The first-order valence-corrected chi connectivity index (χ1v) is 6.79. The Hall–Kier alpha value is -0.0800. The van der Waals surface area contributed by atoms with Crippen molar-refractivity contribution in [2.75, 3.05) is 19.8 Å². The molecule has 0 amide bonds. The zero-order chi connectivity index (χ0) is 10.3. The summed E-state index contributed by atoms with van der Waals surface area (Å²) in [5.74, 6) is 0. The third-order valence-electron chi connectivity index (χ3n) is 3.74. The Labute approximate surface area is 94.0 Å². The highest BCUT2D eigenvalue weighted by atomic mass is 16.5. The molecular formula is C13H25NO. The van der Waals surface area contributed by atoms with Gasteiger partial charge in [0.25, 0.3) is 0 Å². The maximum atomic E-state index is 6.00. The monoisotopic (exact) mass is 211 g/mol. The molecule has 0 aromatic carbocycles. The molecule has 0 aromatic heterocycles. The zero-order valence-electron chi connectivity index (χ0n) is 9.92. The normalized spacial score (nSPS) is 26.4. The van der Waals surface area contributed by atoms with Gasteiger partial charge < -0.3 is 4.74 Å². The average molecular weight is 211 g/mol. The lowest BCUT2D eigenvalue weighted by Crippen LogP contribution is -2.30. The molecule has 0 bridgehead atoms. The van der Waals surface area contributed by atoms with E-state index in [0.29, 0.717) is 6.10 Å². The van der Waals surface area contributed by atoms with Gasteiger partial charge in [0.1, 0.15) is 0 Å². The van der Waals surface area contributed by atoms with E-state index < -0.39 is 0 Å². The van der Waals surface area contributed by atoms with Crippen molar-refractivity contribution in [2.24, 2.45) is 0 Å². The van der Waals surface area contributed by atoms with Gasteiger partial charge in [0.2, 0.25) is 0 Å². The van der Waals surface area contributed by atoms with Gasteiger partial charge in [0.15, 0.2) is 0 Å². The van der Waals surface area contributed by atoms with Crippen molar-refractivity contribution in [3.05, 3.63) is 0 Å². The van der Waals surface area contributed by atoms with E-state index >= 15 is 0 Å². The van der Waals surface area contributed by atoms with Gasteiger partial charge in [-0.2, -0.15) is 0 Å². The average Bonchev–Trinajstić information content (AvgIpc) is 2.56. The zero-order valence-corrected chi connectivity index (χ0v) is 9.92. The van der Waals surface area contributed by atoms with Crippen molar-refractivity contribution < 1.29 is 4.74 Å². The fraction of sp³-hybridized carbons (Fsp3) is 1.00. The van der Waals surface area contributed by atoms with Gasteiger partial charge in [-0.05, 0) is 25.7 Å². The number of hydrogen-bond acceptors (Lipinski definition) is 2. The molecule has 0 atom stereocenters. The Bertz CT molecular complexity index is 158. The number of nitrogens with zero attached hydrogens (tertiary/aromatic N) is 1. The predicted octanol–water partition coefficient (Wildman–Crippen LogP) is 3.17. The van der Waals surface area contributed by atoms with Crippen LogP contribution in [0.3, 0.4) is 0 Å². The Morgan fingerprint density at radius 2 is 1.40 bits per heavy atom. The van der Waals surface area contributed by atoms with Crippen LogP contribution < -0.4 is 0 Å². The van der Waals surface area contributed by atoms with Crippen LogP contribution in [0.15, 0.2) is 0 Å². The molecule has 0 spiro atoms. The molecule has 1 saturated heterocycles. The van der Waals surface area contributed by atoms with Gasteiger partial charge >= 0.3 is 0 Å². The van der Waals surface area contributed by atoms with E-state index in [1.54, 1.807) is 0 Å². The molecule has 1 heterocycles. The van der Waals surface area contributed by atoms with E-state index in [-0.39, 0.29) is 0 Å². The van der Waals surface area contributed by atoms with Crippen molar-refractivity contribution in [1.82, 2.24) is 4.90 Å². The van der Waals surface area contributed by atoms with Crippen LogP contribution in [0.25, 0.3) is 0 Å². The van der Waals surface area contributed by atoms with Crippen molar-refractivity contribution in [3.63, 3.8) is 0 Å². The number of likely N-dealkylation sites (tertiary alicyclic amines) is 1. The second kappa shape index (κ2) is 6.49. The van der Waals surface area contributed by atoms with Crippen molar-refractivity contribution in [2.45, 2.75) is 63.9 Å². The highest BCUT2D eigenvalue weighted by molar-refractivity contribution is 4.66. The fourth-order valence-electron chi connectivity index (χ4n) is 2.71. The Kier molecular flexibility index (Phi) is 4.94. The third-order valence-corrected chi connectivity index (χ3v) is 3.74. The van der Waals surface area contributed by atoms with Gasteiger partial charge in [-0.3, -0.25) is 4.90 Å². The lowest BCUT2D eigenvalue weighted by atomic mass is 9.98. The van der Waals surface area contributed by atoms with E-state index in [2.05, 4.69) is 4.90 Å². The molecule has 2 nitrogen and oxygen atoms in total. The third kappa shape index (κ3) is 4.12. The van der Waals surface area contributed by atoms with Crippen LogP contribution in [0.2, 0.25) is 0 Å². The number of rotatable bonds is 3. The minimum absolute atomic E-state index is 0.571. The summed E-state index contributed by atoms with van der Waals surface area (Å²) in [5, 5.41) is 0. The molecule has 2 aliphatic rings.